The molecule has 0 bridgehead atoms. The highest BCUT2D eigenvalue weighted by Crippen LogP contribution is 2.31. The van der Waals surface area contributed by atoms with E-state index in [0.717, 1.165) is 28.5 Å². The fourth-order valence-corrected chi connectivity index (χ4v) is 3.97. The van der Waals surface area contributed by atoms with Gasteiger partial charge < -0.3 is 10.1 Å². The van der Waals surface area contributed by atoms with Crippen molar-refractivity contribution in [1.29, 1.82) is 0 Å². The number of hydrogen-bond donors (Lipinski definition) is 2. The first-order valence-electron chi connectivity index (χ1n) is 10.0. The first kappa shape index (κ1) is 20.3. The topological polar surface area (TPSA) is 67.0 Å². The van der Waals surface area contributed by atoms with Crippen molar-refractivity contribution >= 4 is 22.6 Å². The third kappa shape index (κ3) is 4.93. The maximum absolute atomic E-state index is 12.3. The number of alkyl halides is 3. The van der Waals surface area contributed by atoms with Crippen molar-refractivity contribution in [2.24, 2.45) is 5.92 Å². The summed E-state index contributed by atoms with van der Waals surface area (Å²) >= 11 is 0. The van der Waals surface area contributed by atoms with Gasteiger partial charge in [-0.25, -0.2) is 0 Å². The van der Waals surface area contributed by atoms with Crippen LogP contribution in [0.1, 0.15) is 38.5 Å². The van der Waals surface area contributed by atoms with E-state index in [9.17, 15) is 18.0 Å². The minimum absolute atomic E-state index is 0.0420. The minimum Gasteiger partial charge on any atom is -0.406 e. The molecule has 2 aromatic carbocycles. The average Bonchev–Trinajstić information content (AvgIpc) is 3.36. The summed E-state index contributed by atoms with van der Waals surface area (Å²) in [6.07, 6.45) is 1.63. The predicted octanol–water partition coefficient (Wildman–Crippen LogP) is 6.04. The first-order valence-corrected chi connectivity index (χ1v) is 10.0. The molecule has 1 saturated carbocycles. The van der Waals surface area contributed by atoms with E-state index < -0.39 is 6.36 Å². The molecular weight excluding hydrogens is 395 g/mol. The Morgan fingerprint density at radius 3 is 2.50 bits per heavy atom. The van der Waals surface area contributed by atoms with Crippen LogP contribution in [0.25, 0.3) is 22.0 Å². The zero-order chi connectivity index (χ0) is 21.1. The Bertz CT molecular complexity index is 1020. The molecule has 1 aliphatic rings. The summed E-state index contributed by atoms with van der Waals surface area (Å²) in [6.45, 7) is 0. The van der Waals surface area contributed by atoms with Gasteiger partial charge in [-0.05, 0) is 47.7 Å². The number of nitrogens with zero attached hydrogens (tertiary/aromatic N) is 1. The summed E-state index contributed by atoms with van der Waals surface area (Å²) in [6, 6.07) is 11.2. The van der Waals surface area contributed by atoms with E-state index in [-0.39, 0.29) is 11.7 Å². The van der Waals surface area contributed by atoms with E-state index in [1.807, 2.05) is 18.2 Å². The van der Waals surface area contributed by atoms with E-state index in [2.05, 4.69) is 20.3 Å². The monoisotopic (exact) mass is 417 g/mol. The molecule has 0 spiro atoms. The molecule has 1 heterocycles. The fourth-order valence-electron chi connectivity index (χ4n) is 3.97. The number of aromatic amines is 1. The van der Waals surface area contributed by atoms with Gasteiger partial charge in [0.1, 0.15) is 5.75 Å². The Labute approximate surface area is 171 Å². The number of fused-ring (bicyclic) bond motifs is 1. The molecule has 0 saturated heterocycles. The second-order valence-corrected chi connectivity index (χ2v) is 7.64. The lowest BCUT2D eigenvalue weighted by Gasteiger charge is -2.09. The lowest BCUT2D eigenvalue weighted by Crippen LogP contribution is -2.16. The van der Waals surface area contributed by atoms with Crippen molar-refractivity contribution in [3.05, 3.63) is 42.5 Å². The van der Waals surface area contributed by atoms with Gasteiger partial charge in [-0.2, -0.15) is 5.10 Å². The van der Waals surface area contributed by atoms with Crippen molar-refractivity contribution in [1.82, 2.24) is 10.2 Å². The van der Waals surface area contributed by atoms with Crippen molar-refractivity contribution in [3.63, 3.8) is 0 Å². The summed E-state index contributed by atoms with van der Waals surface area (Å²) in [7, 11) is 0. The van der Waals surface area contributed by atoms with Crippen molar-refractivity contribution in [2.75, 3.05) is 5.32 Å². The molecule has 8 heteroatoms. The van der Waals surface area contributed by atoms with Gasteiger partial charge in [0.15, 0.2) is 5.82 Å². The highest BCUT2D eigenvalue weighted by Gasteiger charge is 2.31. The van der Waals surface area contributed by atoms with Gasteiger partial charge in [-0.15, -0.1) is 13.2 Å². The van der Waals surface area contributed by atoms with Crippen molar-refractivity contribution in [3.8, 4) is 16.9 Å². The second kappa shape index (κ2) is 8.38. The van der Waals surface area contributed by atoms with Gasteiger partial charge in [0, 0.05) is 11.8 Å². The van der Waals surface area contributed by atoms with Crippen LogP contribution in [-0.2, 0) is 4.79 Å². The molecule has 0 radical (unpaired) electrons. The number of benzene rings is 2. The van der Waals surface area contributed by atoms with E-state index in [4.69, 9.17) is 0 Å². The van der Waals surface area contributed by atoms with Gasteiger partial charge in [-0.3, -0.25) is 9.89 Å². The molecule has 3 aromatic rings. The quantitative estimate of drug-likeness (QED) is 0.514. The lowest BCUT2D eigenvalue weighted by atomic mass is 10.0. The molecule has 1 fully saturated rings. The fraction of sp³-hybridized carbons (Fsp3) is 0.364. The molecule has 1 aromatic heterocycles. The van der Waals surface area contributed by atoms with Crippen LogP contribution >= 0.6 is 0 Å². The molecule has 5 nitrogen and oxygen atoms in total. The molecule has 158 valence electrons. The highest BCUT2D eigenvalue weighted by molar-refractivity contribution is 6.00. The molecule has 1 aliphatic carbocycles. The highest BCUT2D eigenvalue weighted by atomic mass is 19.4. The molecular formula is C22H22F3N3O2. The maximum atomic E-state index is 12.3. The van der Waals surface area contributed by atoms with E-state index >= 15 is 0 Å². The number of rotatable bonds is 6. The van der Waals surface area contributed by atoms with Gasteiger partial charge in [0.2, 0.25) is 5.91 Å². The predicted molar refractivity (Wildman–Crippen MR) is 108 cm³/mol. The van der Waals surface area contributed by atoms with Crippen molar-refractivity contribution in [2.45, 2.75) is 44.9 Å². The van der Waals surface area contributed by atoms with Crippen LogP contribution < -0.4 is 10.1 Å². The van der Waals surface area contributed by atoms with Crippen molar-refractivity contribution < 1.29 is 22.7 Å². The third-order valence-corrected chi connectivity index (χ3v) is 5.50. The second-order valence-electron chi connectivity index (χ2n) is 7.64. The van der Waals surface area contributed by atoms with Crippen LogP contribution in [-0.4, -0.2) is 22.5 Å². The Morgan fingerprint density at radius 2 is 1.80 bits per heavy atom. The summed E-state index contributed by atoms with van der Waals surface area (Å²) in [5.41, 5.74) is 2.28. The maximum Gasteiger partial charge on any atom is 0.573 e. The number of H-pyrrole nitrogens is 1. The SMILES string of the molecule is O=C(CCC1CCCC1)Nc1n[nH]c2cc(-c3ccc(OC(F)(F)F)cc3)ccc12. The Hall–Kier alpha value is -3.03. The lowest BCUT2D eigenvalue weighted by molar-refractivity contribution is -0.274. The molecule has 2 N–H and O–H groups in total. The molecule has 0 aliphatic heterocycles. The number of carbonyl (C=O) groups is 1. The molecule has 30 heavy (non-hydrogen) atoms. The summed E-state index contributed by atoms with van der Waals surface area (Å²) in [5, 5.41) is 10.8. The number of ether oxygens (including phenoxy) is 1. The first-order chi connectivity index (χ1) is 14.4. The van der Waals surface area contributed by atoms with Gasteiger partial charge in [0.25, 0.3) is 0 Å². The van der Waals surface area contributed by atoms with E-state index in [1.165, 1.54) is 37.8 Å². The normalized spacial score (nSPS) is 14.9. The number of nitrogens with one attached hydrogen (secondary N) is 2. The van der Waals surface area contributed by atoms with Gasteiger partial charge in [0.05, 0.1) is 5.52 Å². The summed E-state index contributed by atoms with van der Waals surface area (Å²) in [4.78, 5) is 12.3. The third-order valence-electron chi connectivity index (χ3n) is 5.50. The van der Waals surface area contributed by atoms with Crippen LogP contribution in [0.15, 0.2) is 42.5 Å². The number of carbonyl (C=O) groups excluding carboxylic acids is 1. The van der Waals surface area contributed by atoms with Crippen LogP contribution in [0.4, 0.5) is 19.0 Å². The number of halogens is 3. The summed E-state index contributed by atoms with van der Waals surface area (Å²) in [5.74, 6) is 0.833. The van der Waals surface area contributed by atoms with Crippen LogP contribution in [0.5, 0.6) is 5.75 Å². The number of anilines is 1. The minimum atomic E-state index is -4.71. The van der Waals surface area contributed by atoms with E-state index in [0.29, 0.717) is 18.2 Å². The zero-order valence-corrected chi connectivity index (χ0v) is 16.3. The molecule has 4 rings (SSSR count). The standard InChI is InChI=1S/C22H22F3N3O2/c23-22(24,25)30-17-9-6-15(7-10-17)16-8-11-18-19(13-16)27-28-21(18)26-20(29)12-5-14-3-1-2-4-14/h6-11,13-14H,1-5,12H2,(H2,26,27,28,29). The van der Waals surface area contributed by atoms with E-state index in [1.54, 1.807) is 12.1 Å². The average molecular weight is 417 g/mol. The van der Waals surface area contributed by atoms with Crippen LogP contribution in [0.3, 0.4) is 0 Å². The number of amides is 1. The number of hydrogen-bond acceptors (Lipinski definition) is 3. The summed E-state index contributed by atoms with van der Waals surface area (Å²) < 4.78 is 40.8. The molecule has 1 amide bonds. The van der Waals surface area contributed by atoms with Crippen LogP contribution in [0.2, 0.25) is 0 Å². The Balaban J connectivity index is 1.43. The van der Waals surface area contributed by atoms with Gasteiger partial charge in [-0.1, -0.05) is 43.9 Å². The largest absolute Gasteiger partial charge is 0.573 e. The smallest absolute Gasteiger partial charge is 0.406 e. The molecule has 0 unspecified atom stereocenters. The Kier molecular flexibility index (Phi) is 5.65. The number of aromatic nitrogens is 2. The zero-order valence-electron chi connectivity index (χ0n) is 16.3. The van der Waals surface area contributed by atoms with Crippen LogP contribution in [0, 0.1) is 5.92 Å². The Morgan fingerprint density at radius 1 is 1.10 bits per heavy atom. The van der Waals surface area contributed by atoms with Gasteiger partial charge >= 0.3 is 6.36 Å². The molecule has 0 atom stereocenters.